The Morgan fingerprint density at radius 1 is 0.935 bits per heavy atom. The largest absolute Gasteiger partial charge is 0.332 e. The standard InChI is InChI=1S/C22H26N2O5S2/c1-30(26,27)18-8-2-5-15(13-18)11-12-31(28,29)24-22(25)23-21-19-9-3-6-16(19)14-17-7-4-10-20(17)21/h2,5,8,13-14H,3-4,6-7,9-12H2,1H3,(H2,23,24,25). The van der Waals surface area contributed by atoms with Gasteiger partial charge in [0.25, 0.3) is 0 Å². The summed E-state index contributed by atoms with van der Waals surface area (Å²) >= 11 is 0. The van der Waals surface area contributed by atoms with E-state index in [2.05, 4.69) is 16.1 Å². The van der Waals surface area contributed by atoms with Crippen molar-refractivity contribution in [2.24, 2.45) is 0 Å². The first kappa shape index (κ1) is 21.8. The summed E-state index contributed by atoms with van der Waals surface area (Å²) < 4.78 is 50.4. The van der Waals surface area contributed by atoms with Crippen LogP contribution in [0.2, 0.25) is 0 Å². The minimum atomic E-state index is -3.89. The van der Waals surface area contributed by atoms with Crippen LogP contribution in [-0.4, -0.2) is 34.9 Å². The molecule has 2 aromatic rings. The molecule has 7 nitrogen and oxygen atoms in total. The fourth-order valence-corrected chi connectivity index (χ4v) is 6.11. The van der Waals surface area contributed by atoms with Crippen molar-refractivity contribution in [1.29, 1.82) is 0 Å². The second-order valence-corrected chi connectivity index (χ2v) is 12.1. The molecule has 9 heteroatoms. The molecule has 166 valence electrons. The topological polar surface area (TPSA) is 109 Å². The summed E-state index contributed by atoms with van der Waals surface area (Å²) in [6.45, 7) is 0. The normalized spacial score (nSPS) is 15.4. The van der Waals surface area contributed by atoms with Crippen molar-refractivity contribution in [3.63, 3.8) is 0 Å². The van der Waals surface area contributed by atoms with Crippen LogP contribution in [0.25, 0.3) is 0 Å². The van der Waals surface area contributed by atoms with Crippen molar-refractivity contribution >= 4 is 31.6 Å². The molecule has 0 saturated heterocycles. The van der Waals surface area contributed by atoms with Crippen LogP contribution in [0.4, 0.5) is 10.5 Å². The van der Waals surface area contributed by atoms with Crippen molar-refractivity contribution in [3.8, 4) is 0 Å². The maximum atomic E-state index is 12.5. The Morgan fingerprint density at radius 3 is 2.19 bits per heavy atom. The van der Waals surface area contributed by atoms with E-state index in [1.165, 1.54) is 23.3 Å². The second-order valence-electron chi connectivity index (χ2n) is 8.28. The number of benzene rings is 2. The van der Waals surface area contributed by atoms with Crippen molar-refractivity contribution in [3.05, 3.63) is 58.1 Å². The number of anilines is 1. The quantitative estimate of drug-likeness (QED) is 0.686. The highest BCUT2D eigenvalue weighted by atomic mass is 32.2. The number of rotatable bonds is 6. The smallest absolute Gasteiger partial charge is 0.307 e. The number of urea groups is 1. The van der Waals surface area contributed by atoms with Crippen molar-refractivity contribution in [2.75, 3.05) is 17.3 Å². The Hall–Kier alpha value is -2.39. The van der Waals surface area contributed by atoms with Gasteiger partial charge in [-0.3, -0.25) is 0 Å². The molecule has 0 aliphatic heterocycles. The number of carbonyl (C=O) groups excluding carboxylic acids is 1. The van der Waals surface area contributed by atoms with E-state index >= 15 is 0 Å². The maximum Gasteiger partial charge on any atom is 0.332 e. The van der Waals surface area contributed by atoms with E-state index in [1.807, 2.05) is 0 Å². The molecule has 0 saturated carbocycles. The fourth-order valence-electron chi connectivity index (χ4n) is 4.48. The van der Waals surface area contributed by atoms with Gasteiger partial charge in [0.1, 0.15) is 0 Å². The lowest BCUT2D eigenvalue weighted by molar-refractivity contribution is 0.256. The van der Waals surface area contributed by atoms with Gasteiger partial charge in [-0.1, -0.05) is 18.2 Å². The number of hydrogen-bond acceptors (Lipinski definition) is 5. The molecule has 2 aromatic carbocycles. The van der Waals surface area contributed by atoms with Gasteiger partial charge in [0.2, 0.25) is 10.0 Å². The average molecular weight is 463 g/mol. The van der Waals surface area contributed by atoms with Gasteiger partial charge in [0.15, 0.2) is 9.84 Å². The monoisotopic (exact) mass is 462 g/mol. The van der Waals surface area contributed by atoms with E-state index in [4.69, 9.17) is 0 Å². The Balaban J connectivity index is 1.44. The third-order valence-corrected chi connectivity index (χ3v) is 8.29. The molecule has 2 aliphatic carbocycles. The van der Waals surface area contributed by atoms with Gasteiger partial charge in [-0.05, 0) is 84.9 Å². The molecule has 31 heavy (non-hydrogen) atoms. The zero-order valence-electron chi connectivity index (χ0n) is 17.4. The van der Waals surface area contributed by atoms with Gasteiger partial charge in [-0.15, -0.1) is 0 Å². The highest BCUT2D eigenvalue weighted by Crippen LogP contribution is 2.38. The minimum Gasteiger partial charge on any atom is -0.307 e. The fraction of sp³-hybridized carbons (Fsp3) is 0.409. The third-order valence-electron chi connectivity index (χ3n) is 5.95. The van der Waals surface area contributed by atoms with Gasteiger partial charge in [0, 0.05) is 11.9 Å². The summed E-state index contributed by atoms with van der Waals surface area (Å²) in [6.07, 6.45) is 7.05. The zero-order valence-corrected chi connectivity index (χ0v) is 19.0. The molecular formula is C22H26N2O5S2. The summed E-state index contributed by atoms with van der Waals surface area (Å²) in [7, 11) is -7.26. The van der Waals surface area contributed by atoms with Crippen LogP contribution < -0.4 is 10.0 Å². The van der Waals surface area contributed by atoms with Gasteiger partial charge in [0.05, 0.1) is 10.6 Å². The van der Waals surface area contributed by atoms with E-state index in [1.54, 1.807) is 12.1 Å². The lowest BCUT2D eigenvalue weighted by atomic mass is 9.99. The molecule has 2 N–H and O–H groups in total. The van der Waals surface area contributed by atoms with E-state index in [9.17, 15) is 21.6 Å². The average Bonchev–Trinajstić information content (AvgIpc) is 3.34. The summed E-state index contributed by atoms with van der Waals surface area (Å²) in [5, 5.41) is 2.82. The predicted octanol–water partition coefficient (Wildman–Crippen LogP) is 2.76. The molecule has 0 radical (unpaired) electrons. The van der Waals surface area contributed by atoms with Crippen LogP contribution in [0.15, 0.2) is 35.2 Å². The first-order valence-electron chi connectivity index (χ1n) is 10.4. The number of carbonyl (C=O) groups is 1. The van der Waals surface area contributed by atoms with Gasteiger partial charge >= 0.3 is 6.03 Å². The highest BCUT2D eigenvalue weighted by molar-refractivity contribution is 7.90. The van der Waals surface area contributed by atoms with E-state index < -0.39 is 25.9 Å². The molecule has 0 unspecified atom stereocenters. The second kappa shape index (κ2) is 8.27. The summed E-state index contributed by atoms with van der Waals surface area (Å²) in [4.78, 5) is 12.7. The summed E-state index contributed by atoms with van der Waals surface area (Å²) in [6, 6.07) is 7.67. The number of amides is 2. The van der Waals surface area contributed by atoms with Crippen molar-refractivity contribution in [1.82, 2.24) is 4.72 Å². The Kier molecular flexibility index (Phi) is 5.83. The van der Waals surface area contributed by atoms with Gasteiger partial charge in [-0.2, -0.15) is 0 Å². The van der Waals surface area contributed by atoms with Crippen LogP contribution in [0.1, 0.15) is 40.7 Å². The lowest BCUT2D eigenvalue weighted by Crippen LogP contribution is -2.36. The first-order valence-corrected chi connectivity index (χ1v) is 13.9. The molecule has 0 atom stereocenters. The number of sulfone groups is 1. The van der Waals surface area contributed by atoms with Crippen LogP contribution in [0, 0.1) is 0 Å². The van der Waals surface area contributed by atoms with Crippen molar-refractivity contribution in [2.45, 2.75) is 49.8 Å². The molecular weight excluding hydrogens is 436 g/mol. The van der Waals surface area contributed by atoms with Crippen LogP contribution in [0.5, 0.6) is 0 Å². The van der Waals surface area contributed by atoms with Crippen LogP contribution in [0.3, 0.4) is 0 Å². The SMILES string of the molecule is CS(=O)(=O)c1cccc(CCS(=O)(=O)NC(=O)Nc2c3c(cc4c2CCC4)CCC3)c1. The lowest BCUT2D eigenvalue weighted by Gasteiger charge is -2.16. The van der Waals surface area contributed by atoms with E-state index in [0.29, 0.717) is 5.56 Å². The number of hydrogen-bond donors (Lipinski definition) is 2. The molecule has 2 aliphatic rings. The molecule has 0 aromatic heterocycles. The predicted molar refractivity (Wildman–Crippen MR) is 120 cm³/mol. The number of aryl methyl sites for hydroxylation is 3. The summed E-state index contributed by atoms with van der Waals surface area (Å²) in [5.41, 5.74) is 6.13. The Morgan fingerprint density at radius 2 is 1.58 bits per heavy atom. The first-order chi connectivity index (χ1) is 14.6. The third kappa shape index (κ3) is 4.93. The van der Waals surface area contributed by atoms with Gasteiger partial charge in [-0.25, -0.2) is 26.4 Å². The Bertz CT molecular complexity index is 1220. The minimum absolute atomic E-state index is 0.0993. The molecule has 0 heterocycles. The highest BCUT2D eigenvalue weighted by Gasteiger charge is 2.26. The van der Waals surface area contributed by atoms with Crippen molar-refractivity contribution < 1.29 is 21.6 Å². The summed E-state index contributed by atoms with van der Waals surface area (Å²) in [5.74, 6) is -0.321. The van der Waals surface area contributed by atoms with E-state index in [0.717, 1.165) is 61.6 Å². The van der Waals surface area contributed by atoms with E-state index in [-0.39, 0.29) is 17.1 Å². The number of sulfonamides is 1. The molecule has 2 amide bonds. The van der Waals surface area contributed by atoms with Gasteiger partial charge < -0.3 is 5.32 Å². The molecule has 0 spiro atoms. The number of nitrogens with one attached hydrogen (secondary N) is 2. The molecule has 0 bridgehead atoms. The molecule has 4 rings (SSSR count). The molecule has 0 fully saturated rings. The van der Waals surface area contributed by atoms with Crippen LogP contribution in [-0.2, 0) is 52.0 Å². The Labute approximate surface area is 183 Å². The zero-order chi connectivity index (χ0) is 22.2. The number of fused-ring (bicyclic) bond motifs is 2. The van der Waals surface area contributed by atoms with Crippen LogP contribution >= 0.6 is 0 Å². The maximum absolute atomic E-state index is 12.5.